The van der Waals surface area contributed by atoms with E-state index in [1.807, 2.05) is 43.6 Å². The first-order valence-electron chi connectivity index (χ1n) is 17.0. The maximum atomic E-state index is 12.6. The molecule has 1 aliphatic rings. The lowest BCUT2D eigenvalue weighted by Crippen LogP contribution is -2.58. The van der Waals surface area contributed by atoms with Crippen molar-refractivity contribution in [3.05, 3.63) is 102 Å². The minimum Gasteiger partial charge on any atom is -0.444 e. The number of alkyl carbamates (subject to hydrolysis) is 1. The van der Waals surface area contributed by atoms with Crippen molar-refractivity contribution in [3.63, 3.8) is 0 Å². The average molecular weight is 658 g/mol. The Morgan fingerprint density at radius 3 is 2.10 bits per heavy atom. The summed E-state index contributed by atoms with van der Waals surface area (Å²) in [5, 5.41) is 5.31. The quantitative estimate of drug-likeness (QED) is 0.202. The lowest BCUT2D eigenvalue weighted by Gasteiger charge is -2.29. The summed E-state index contributed by atoms with van der Waals surface area (Å²) in [5.41, 5.74) is 2.95. The van der Waals surface area contributed by atoms with Crippen LogP contribution in [0.1, 0.15) is 96.5 Å². The fraction of sp³-hybridized carbons (Fsp3) is 0.487. The number of nitrogens with one attached hydrogen (secondary N) is 2. The average Bonchev–Trinajstić information content (AvgIpc) is 3.72. The van der Waals surface area contributed by atoms with Crippen LogP contribution in [0.5, 0.6) is 0 Å². The molecule has 4 rings (SSSR count). The molecule has 260 valence electrons. The number of ketones is 1. The van der Waals surface area contributed by atoms with Crippen LogP contribution in [0.25, 0.3) is 0 Å². The molecular formula is C39H55N5O4. The fourth-order valence-electron chi connectivity index (χ4n) is 5.55. The highest BCUT2D eigenvalue weighted by Crippen LogP contribution is 2.28. The predicted octanol–water partition coefficient (Wildman–Crippen LogP) is 7.17. The lowest BCUT2D eigenvalue weighted by molar-refractivity contribution is -0.130. The number of hydrogen-bond acceptors (Lipinski definition) is 6. The van der Waals surface area contributed by atoms with Crippen LogP contribution in [0.4, 0.5) is 4.79 Å². The minimum absolute atomic E-state index is 0.107. The molecule has 2 aromatic carbocycles. The Kier molecular flexibility index (Phi) is 14.0. The third kappa shape index (κ3) is 12.7. The van der Waals surface area contributed by atoms with Gasteiger partial charge in [0.15, 0.2) is 5.78 Å². The van der Waals surface area contributed by atoms with E-state index in [1.165, 1.54) is 36.6 Å². The van der Waals surface area contributed by atoms with Gasteiger partial charge in [0, 0.05) is 31.4 Å². The number of carbonyl (C=O) groups excluding carboxylic acids is 3. The molecule has 0 saturated carbocycles. The van der Waals surface area contributed by atoms with Crippen LogP contribution in [0.15, 0.2) is 85.5 Å². The molecule has 2 atom stereocenters. The van der Waals surface area contributed by atoms with Crippen molar-refractivity contribution in [2.75, 3.05) is 13.1 Å². The molecule has 2 N–H and O–H groups in total. The zero-order valence-corrected chi connectivity index (χ0v) is 29.9. The Morgan fingerprint density at radius 2 is 1.56 bits per heavy atom. The first kappa shape index (κ1) is 38.1. The van der Waals surface area contributed by atoms with E-state index in [0.717, 1.165) is 38.0 Å². The van der Waals surface area contributed by atoms with Gasteiger partial charge in [-0.25, -0.2) is 9.78 Å². The second-order valence-electron chi connectivity index (χ2n) is 14.1. The Morgan fingerprint density at radius 1 is 0.958 bits per heavy atom. The standard InChI is InChI=1S/C21H32N2O4.C18H23N3/c1-15(24)17(14-10-13-16-11-8-7-9-12-16)22-18(25)21(5,6)23-19(26)27-20(2,3)4;1-15-13-21(14-19-15)18(17-8-4-3-5-9-17)12-16(2)20-10-6-7-11-20/h7-9,11-12,17H,10,13-14H2,1-6H3,(H,22,25)(H,23,26);3-5,8-9,13-14,18H,2,6-7,10-12H2,1H3. The number of benzene rings is 2. The minimum atomic E-state index is -1.20. The van der Waals surface area contributed by atoms with Gasteiger partial charge in [0.1, 0.15) is 11.1 Å². The Bertz CT molecular complexity index is 1470. The van der Waals surface area contributed by atoms with Gasteiger partial charge in [-0.15, -0.1) is 0 Å². The topological polar surface area (TPSA) is 106 Å². The number of ether oxygens (including phenoxy) is 1. The van der Waals surface area contributed by atoms with Crippen LogP contribution in [-0.2, 0) is 20.7 Å². The van der Waals surface area contributed by atoms with Crippen molar-refractivity contribution < 1.29 is 19.1 Å². The van der Waals surface area contributed by atoms with E-state index in [2.05, 4.69) is 68.2 Å². The fourth-order valence-corrected chi connectivity index (χ4v) is 5.55. The van der Waals surface area contributed by atoms with E-state index in [-0.39, 0.29) is 11.8 Å². The molecule has 3 aromatic rings. The number of amides is 2. The van der Waals surface area contributed by atoms with Crippen LogP contribution < -0.4 is 10.6 Å². The number of aromatic nitrogens is 2. The number of hydrogen-bond donors (Lipinski definition) is 2. The van der Waals surface area contributed by atoms with Crippen molar-refractivity contribution in [2.45, 2.75) is 110 Å². The molecule has 2 amide bonds. The molecule has 48 heavy (non-hydrogen) atoms. The van der Waals surface area contributed by atoms with E-state index in [0.29, 0.717) is 6.42 Å². The highest BCUT2D eigenvalue weighted by atomic mass is 16.6. The largest absolute Gasteiger partial charge is 0.444 e. The van der Waals surface area contributed by atoms with Gasteiger partial charge in [0.05, 0.1) is 24.1 Å². The summed E-state index contributed by atoms with van der Waals surface area (Å²) in [6.07, 6.45) is 9.05. The Labute approximate surface area is 287 Å². The highest BCUT2D eigenvalue weighted by molar-refractivity contribution is 5.93. The zero-order chi connectivity index (χ0) is 35.3. The van der Waals surface area contributed by atoms with Crippen LogP contribution in [0.2, 0.25) is 0 Å². The van der Waals surface area contributed by atoms with Crippen LogP contribution in [0.3, 0.4) is 0 Å². The summed E-state index contributed by atoms with van der Waals surface area (Å²) in [6, 6.07) is 20.3. The molecule has 0 spiro atoms. The Hall–Kier alpha value is -4.40. The predicted molar refractivity (Wildman–Crippen MR) is 192 cm³/mol. The molecule has 1 aliphatic heterocycles. The second-order valence-corrected chi connectivity index (χ2v) is 14.1. The molecule has 9 heteroatoms. The van der Waals surface area contributed by atoms with Gasteiger partial charge in [-0.1, -0.05) is 67.2 Å². The third-order valence-electron chi connectivity index (χ3n) is 8.24. The molecule has 2 unspecified atom stereocenters. The van der Waals surface area contributed by atoms with Crippen LogP contribution in [-0.4, -0.2) is 62.5 Å². The molecule has 0 bridgehead atoms. The summed E-state index contributed by atoms with van der Waals surface area (Å²) in [5.74, 6) is -0.530. The third-order valence-corrected chi connectivity index (χ3v) is 8.24. The molecule has 1 aromatic heterocycles. The van der Waals surface area contributed by atoms with Gasteiger partial charge < -0.3 is 24.8 Å². The van der Waals surface area contributed by atoms with Gasteiger partial charge in [0.2, 0.25) is 5.91 Å². The Balaban J connectivity index is 0.000000267. The maximum Gasteiger partial charge on any atom is 0.408 e. The van der Waals surface area contributed by atoms with Gasteiger partial charge in [-0.3, -0.25) is 9.59 Å². The van der Waals surface area contributed by atoms with Gasteiger partial charge in [-0.2, -0.15) is 0 Å². The number of carbonyl (C=O) groups is 3. The first-order chi connectivity index (χ1) is 22.6. The number of rotatable bonds is 13. The summed E-state index contributed by atoms with van der Waals surface area (Å²) >= 11 is 0. The lowest BCUT2D eigenvalue weighted by atomic mass is 10.00. The van der Waals surface area contributed by atoms with Crippen LogP contribution in [0, 0.1) is 6.92 Å². The SMILES string of the molecule is C=C(CC(c1ccccc1)n1cnc(C)c1)N1CCCC1.CC(=O)C(CCCc1ccccc1)NC(=O)C(C)(C)NC(=O)OC(C)(C)C. The summed E-state index contributed by atoms with van der Waals surface area (Å²) < 4.78 is 7.41. The number of imidazole rings is 1. The first-order valence-corrected chi connectivity index (χ1v) is 17.0. The molecule has 9 nitrogen and oxygen atoms in total. The number of likely N-dealkylation sites (tertiary alicyclic amines) is 1. The molecule has 0 aliphatic carbocycles. The number of Topliss-reactive ketones (excluding diaryl/α,β-unsaturated/α-hetero) is 1. The van der Waals surface area contributed by atoms with Gasteiger partial charge >= 0.3 is 6.09 Å². The van der Waals surface area contributed by atoms with Crippen molar-refractivity contribution >= 4 is 17.8 Å². The summed E-state index contributed by atoms with van der Waals surface area (Å²) in [7, 11) is 0. The summed E-state index contributed by atoms with van der Waals surface area (Å²) in [4.78, 5) is 43.3. The van der Waals surface area contributed by atoms with Gasteiger partial charge in [-0.05, 0) is 91.7 Å². The molecule has 1 fully saturated rings. The molecule has 0 radical (unpaired) electrons. The maximum absolute atomic E-state index is 12.6. The molecule has 1 saturated heterocycles. The number of nitrogens with zero attached hydrogens (tertiary/aromatic N) is 3. The number of allylic oxidation sites excluding steroid dienone is 1. The highest BCUT2D eigenvalue weighted by Gasteiger charge is 2.33. The van der Waals surface area contributed by atoms with E-state index >= 15 is 0 Å². The van der Waals surface area contributed by atoms with E-state index < -0.39 is 29.2 Å². The van der Waals surface area contributed by atoms with E-state index in [4.69, 9.17) is 4.74 Å². The zero-order valence-electron chi connectivity index (χ0n) is 29.9. The van der Waals surface area contributed by atoms with Crippen molar-refractivity contribution in [3.8, 4) is 0 Å². The smallest absolute Gasteiger partial charge is 0.408 e. The van der Waals surface area contributed by atoms with Crippen LogP contribution >= 0.6 is 0 Å². The number of aryl methyl sites for hydroxylation is 2. The van der Waals surface area contributed by atoms with Crippen molar-refractivity contribution in [1.82, 2.24) is 25.1 Å². The van der Waals surface area contributed by atoms with Crippen molar-refractivity contribution in [1.29, 1.82) is 0 Å². The van der Waals surface area contributed by atoms with Crippen molar-refractivity contribution in [2.24, 2.45) is 0 Å². The van der Waals surface area contributed by atoms with Gasteiger partial charge in [0.25, 0.3) is 0 Å². The second kappa shape index (κ2) is 17.7. The normalized spacial score (nSPS) is 14.3. The van der Waals surface area contributed by atoms with E-state index in [1.54, 1.807) is 34.6 Å². The monoisotopic (exact) mass is 657 g/mol. The molecule has 2 heterocycles. The van der Waals surface area contributed by atoms with E-state index in [9.17, 15) is 14.4 Å². The molecular weight excluding hydrogens is 602 g/mol. The summed E-state index contributed by atoms with van der Waals surface area (Å²) in [6.45, 7) is 18.5.